The van der Waals surface area contributed by atoms with Crippen molar-refractivity contribution in [2.75, 3.05) is 17.2 Å². The third kappa shape index (κ3) is 2.31. The third-order valence-electron chi connectivity index (χ3n) is 2.93. The Balaban J connectivity index is 2.53. The van der Waals surface area contributed by atoms with Crippen LogP contribution in [0.1, 0.15) is 30.1 Å². The predicted octanol–water partition coefficient (Wildman–Crippen LogP) is 2.61. The van der Waals surface area contributed by atoms with E-state index >= 15 is 0 Å². The van der Waals surface area contributed by atoms with Crippen LogP contribution in [0.4, 0.5) is 11.4 Å². The Kier molecular flexibility index (Phi) is 3.15. The van der Waals surface area contributed by atoms with E-state index in [0.717, 1.165) is 19.4 Å². The molecule has 0 saturated heterocycles. The van der Waals surface area contributed by atoms with Gasteiger partial charge in [0.05, 0.1) is 16.3 Å². The first kappa shape index (κ1) is 12.0. The maximum atomic E-state index is 11.2. The lowest BCUT2D eigenvalue weighted by atomic mass is 10.1. The maximum absolute atomic E-state index is 11.2. The molecule has 0 radical (unpaired) electrons. The minimum absolute atomic E-state index is 0.184. The van der Waals surface area contributed by atoms with Gasteiger partial charge in [0.1, 0.15) is 0 Å². The minimum Gasteiger partial charge on any atom is -0.478 e. The summed E-state index contributed by atoms with van der Waals surface area (Å²) in [7, 11) is 0. The van der Waals surface area contributed by atoms with Crippen molar-refractivity contribution in [2.24, 2.45) is 0 Å². The molecule has 5 heteroatoms. The summed E-state index contributed by atoms with van der Waals surface area (Å²) in [6, 6.07) is 3.49. The quantitative estimate of drug-likeness (QED) is 0.811. The van der Waals surface area contributed by atoms with Gasteiger partial charge in [-0.3, -0.25) is 0 Å². The van der Waals surface area contributed by atoms with Gasteiger partial charge in [-0.25, -0.2) is 4.79 Å². The van der Waals surface area contributed by atoms with E-state index in [4.69, 9.17) is 17.3 Å². The Hall–Kier alpha value is -1.42. The van der Waals surface area contributed by atoms with Crippen LogP contribution >= 0.6 is 11.6 Å². The van der Waals surface area contributed by atoms with Gasteiger partial charge in [0, 0.05) is 18.3 Å². The van der Waals surface area contributed by atoms with Crippen LogP contribution in [0.3, 0.4) is 0 Å². The normalized spacial score (nSPS) is 14.7. The average Bonchev–Trinajstić information content (AvgIpc) is 3.05. The van der Waals surface area contributed by atoms with Crippen LogP contribution in [-0.2, 0) is 0 Å². The molecule has 0 aromatic heterocycles. The molecule has 1 aliphatic carbocycles. The van der Waals surface area contributed by atoms with Gasteiger partial charge in [0.25, 0.3) is 0 Å². The largest absolute Gasteiger partial charge is 0.478 e. The van der Waals surface area contributed by atoms with E-state index in [1.807, 2.05) is 11.8 Å². The first-order valence-electron chi connectivity index (χ1n) is 5.63. The number of carbonyl (C=O) groups is 1. The molecule has 0 aliphatic heterocycles. The molecule has 17 heavy (non-hydrogen) atoms. The van der Waals surface area contributed by atoms with Gasteiger partial charge >= 0.3 is 5.97 Å². The number of hydrogen-bond acceptors (Lipinski definition) is 3. The van der Waals surface area contributed by atoms with E-state index in [9.17, 15) is 9.90 Å². The lowest BCUT2D eigenvalue weighted by molar-refractivity contribution is 0.0697. The first-order valence-corrected chi connectivity index (χ1v) is 6.01. The zero-order valence-corrected chi connectivity index (χ0v) is 10.4. The van der Waals surface area contributed by atoms with Crippen LogP contribution in [0, 0.1) is 0 Å². The van der Waals surface area contributed by atoms with Crippen LogP contribution in [0.25, 0.3) is 0 Å². The van der Waals surface area contributed by atoms with Gasteiger partial charge in [-0.2, -0.15) is 0 Å². The van der Waals surface area contributed by atoms with Gasteiger partial charge in [-0.15, -0.1) is 0 Å². The van der Waals surface area contributed by atoms with Crippen LogP contribution in [0.15, 0.2) is 12.1 Å². The lowest BCUT2D eigenvalue weighted by Gasteiger charge is -2.25. The molecule has 1 saturated carbocycles. The van der Waals surface area contributed by atoms with Crippen molar-refractivity contribution in [2.45, 2.75) is 25.8 Å². The highest BCUT2D eigenvalue weighted by atomic mass is 35.5. The molecule has 92 valence electrons. The van der Waals surface area contributed by atoms with E-state index in [0.29, 0.717) is 22.4 Å². The number of carboxylic acid groups (broad SMARTS) is 1. The number of nitrogens with two attached hydrogens (primary N) is 1. The molecule has 0 atom stereocenters. The Morgan fingerprint density at radius 2 is 2.24 bits per heavy atom. The molecular formula is C12H15ClN2O2. The van der Waals surface area contributed by atoms with Crippen molar-refractivity contribution in [3.8, 4) is 0 Å². The summed E-state index contributed by atoms with van der Waals surface area (Å²) >= 11 is 6.14. The molecule has 0 heterocycles. The topological polar surface area (TPSA) is 66.6 Å². The summed E-state index contributed by atoms with van der Waals surface area (Å²) in [4.78, 5) is 13.3. The zero-order valence-electron chi connectivity index (χ0n) is 9.61. The Morgan fingerprint density at radius 3 is 2.71 bits per heavy atom. The molecular weight excluding hydrogens is 240 g/mol. The first-order chi connectivity index (χ1) is 8.04. The monoisotopic (exact) mass is 254 g/mol. The van der Waals surface area contributed by atoms with E-state index < -0.39 is 5.97 Å². The molecule has 1 aromatic rings. The van der Waals surface area contributed by atoms with E-state index in [-0.39, 0.29) is 5.56 Å². The number of nitrogens with zero attached hydrogens (tertiary/aromatic N) is 1. The molecule has 1 aliphatic rings. The van der Waals surface area contributed by atoms with Crippen LogP contribution in [0.5, 0.6) is 0 Å². The van der Waals surface area contributed by atoms with Gasteiger partial charge in [0.15, 0.2) is 0 Å². The summed E-state index contributed by atoms with van der Waals surface area (Å²) < 4.78 is 0. The fraction of sp³-hybridized carbons (Fsp3) is 0.417. The number of nitrogen functional groups attached to an aromatic ring is 1. The molecule has 0 spiro atoms. The number of anilines is 2. The Labute approximate surface area is 105 Å². The fourth-order valence-electron chi connectivity index (χ4n) is 2.06. The summed E-state index contributed by atoms with van der Waals surface area (Å²) in [5.74, 6) is -0.992. The van der Waals surface area contributed by atoms with Crippen LogP contribution in [0.2, 0.25) is 5.02 Å². The molecule has 0 bridgehead atoms. The lowest BCUT2D eigenvalue weighted by Crippen LogP contribution is -2.27. The number of halogens is 1. The van der Waals surface area contributed by atoms with Gasteiger partial charge in [-0.1, -0.05) is 11.6 Å². The van der Waals surface area contributed by atoms with Crippen molar-refractivity contribution >= 4 is 28.9 Å². The van der Waals surface area contributed by atoms with E-state index in [1.165, 1.54) is 6.07 Å². The molecule has 2 rings (SSSR count). The summed E-state index contributed by atoms with van der Waals surface area (Å²) in [5, 5.41) is 9.63. The number of carboxylic acids is 1. The highest BCUT2D eigenvalue weighted by Gasteiger charge is 2.32. The van der Waals surface area contributed by atoms with Gasteiger partial charge < -0.3 is 15.7 Å². The number of benzene rings is 1. The molecule has 1 aromatic carbocycles. The Bertz CT molecular complexity index is 458. The third-order valence-corrected chi connectivity index (χ3v) is 3.22. The van der Waals surface area contributed by atoms with Crippen molar-refractivity contribution in [1.29, 1.82) is 0 Å². The molecule has 4 nitrogen and oxygen atoms in total. The van der Waals surface area contributed by atoms with Gasteiger partial charge in [0.2, 0.25) is 0 Å². The summed E-state index contributed by atoms with van der Waals surface area (Å²) in [6.45, 7) is 2.74. The van der Waals surface area contributed by atoms with E-state index in [1.54, 1.807) is 6.07 Å². The number of rotatable bonds is 4. The molecule has 3 N–H and O–H groups in total. The zero-order chi connectivity index (χ0) is 12.6. The molecule has 0 unspecified atom stereocenters. The Morgan fingerprint density at radius 1 is 1.59 bits per heavy atom. The second-order valence-corrected chi connectivity index (χ2v) is 4.63. The molecule has 1 fully saturated rings. The van der Waals surface area contributed by atoms with Crippen molar-refractivity contribution < 1.29 is 9.90 Å². The predicted molar refractivity (Wildman–Crippen MR) is 68.9 cm³/mol. The number of aromatic carboxylic acids is 1. The SMILES string of the molecule is CCN(c1c(Cl)cc(N)cc1C(=O)O)C1CC1. The smallest absolute Gasteiger partial charge is 0.337 e. The summed E-state index contributed by atoms with van der Waals surface area (Å²) in [5.41, 5.74) is 6.79. The van der Waals surface area contributed by atoms with Gasteiger partial charge in [-0.05, 0) is 31.9 Å². The van der Waals surface area contributed by atoms with Crippen molar-refractivity contribution in [3.05, 3.63) is 22.7 Å². The second-order valence-electron chi connectivity index (χ2n) is 4.22. The minimum atomic E-state index is -0.992. The summed E-state index contributed by atoms with van der Waals surface area (Å²) in [6.07, 6.45) is 2.18. The van der Waals surface area contributed by atoms with Crippen molar-refractivity contribution in [1.82, 2.24) is 0 Å². The fourth-order valence-corrected chi connectivity index (χ4v) is 2.40. The second kappa shape index (κ2) is 4.45. The highest BCUT2D eigenvalue weighted by Crippen LogP contribution is 2.39. The molecule has 0 amide bonds. The standard InChI is InChI=1S/C12H15ClN2O2/c1-2-15(8-3-4-8)11-9(12(16)17)5-7(14)6-10(11)13/h5-6,8H,2-4,14H2,1H3,(H,16,17). The van der Waals surface area contributed by atoms with Crippen LogP contribution < -0.4 is 10.6 Å². The van der Waals surface area contributed by atoms with E-state index in [2.05, 4.69) is 0 Å². The highest BCUT2D eigenvalue weighted by molar-refractivity contribution is 6.34. The maximum Gasteiger partial charge on any atom is 0.337 e. The number of hydrogen-bond donors (Lipinski definition) is 2. The van der Waals surface area contributed by atoms with Crippen molar-refractivity contribution in [3.63, 3.8) is 0 Å². The van der Waals surface area contributed by atoms with Crippen LogP contribution in [-0.4, -0.2) is 23.7 Å². The average molecular weight is 255 g/mol.